The quantitative estimate of drug-likeness (QED) is 0.332. The zero-order valence-electron chi connectivity index (χ0n) is 17.5. The minimum absolute atomic E-state index is 0.248. The highest BCUT2D eigenvalue weighted by Crippen LogP contribution is 2.44. The molecule has 4 rings (SSSR count). The van der Waals surface area contributed by atoms with Crippen molar-refractivity contribution >= 4 is 39.5 Å². The van der Waals surface area contributed by atoms with Crippen molar-refractivity contribution in [2.75, 3.05) is 12.5 Å². The normalized spacial score (nSPS) is 14.9. The highest BCUT2D eigenvalue weighted by molar-refractivity contribution is 6.47. The van der Waals surface area contributed by atoms with Gasteiger partial charge in [0.05, 0.1) is 36.3 Å². The van der Waals surface area contributed by atoms with Gasteiger partial charge in [-0.05, 0) is 48.4 Å². The number of fused-ring (bicyclic) bond motifs is 3. The lowest BCUT2D eigenvalue weighted by Gasteiger charge is -2.24. The van der Waals surface area contributed by atoms with Gasteiger partial charge in [0.1, 0.15) is 0 Å². The van der Waals surface area contributed by atoms with Crippen molar-refractivity contribution in [3.63, 3.8) is 0 Å². The van der Waals surface area contributed by atoms with Crippen molar-refractivity contribution < 1.29 is 9.53 Å². The van der Waals surface area contributed by atoms with Gasteiger partial charge in [-0.2, -0.15) is 5.10 Å². The number of nitrogens with one attached hydrogen (secondary N) is 1. The third-order valence-corrected chi connectivity index (χ3v) is 5.52. The van der Waals surface area contributed by atoms with Crippen LogP contribution in [0.2, 0.25) is 0 Å². The molecule has 0 bridgehead atoms. The van der Waals surface area contributed by atoms with Crippen LogP contribution in [0.5, 0.6) is 0 Å². The number of carbonyl (C=O) groups is 1. The summed E-state index contributed by atoms with van der Waals surface area (Å²) in [5, 5.41) is 7.06. The van der Waals surface area contributed by atoms with Gasteiger partial charge in [0.15, 0.2) is 0 Å². The largest absolute Gasteiger partial charge is 0.469 e. The number of benzene rings is 3. The molecule has 0 saturated heterocycles. The monoisotopic (exact) mass is 399 g/mol. The standard InChI is InChI=1S/C25H25N3O2/c1-25(2)23-19-12-8-7-9-17(19)13-14-20(23)26-24(25)21(15-16-22(29)30-3)28-27-18-10-5-4-6-11-18/h4-14,27H,15-16H2,1-3H3/b28-21+. The minimum atomic E-state index is -0.344. The lowest BCUT2D eigenvalue weighted by atomic mass is 9.77. The molecule has 0 amide bonds. The summed E-state index contributed by atoms with van der Waals surface area (Å²) in [7, 11) is 1.40. The van der Waals surface area contributed by atoms with Crippen LogP contribution in [0.4, 0.5) is 11.4 Å². The number of nitrogens with zero attached hydrogens (tertiary/aromatic N) is 2. The van der Waals surface area contributed by atoms with E-state index in [1.54, 1.807) is 0 Å². The summed E-state index contributed by atoms with van der Waals surface area (Å²) >= 11 is 0. The number of hydrazone groups is 1. The maximum atomic E-state index is 11.8. The molecule has 0 unspecified atom stereocenters. The van der Waals surface area contributed by atoms with Gasteiger partial charge in [-0.25, -0.2) is 0 Å². The molecular formula is C25H25N3O2. The van der Waals surface area contributed by atoms with Crippen molar-refractivity contribution in [2.45, 2.75) is 32.1 Å². The summed E-state index contributed by atoms with van der Waals surface area (Å²) in [6.07, 6.45) is 0.693. The van der Waals surface area contributed by atoms with Crippen molar-refractivity contribution in [1.29, 1.82) is 0 Å². The molecule has 0 aromatic heterocycles. The Kier molecular flexibility index (Phi) is 5.36. The molecule has 0 radical (unpaired) electrons. The molecule has 5 nitrogen and oxygen atoms in total. The molecule has 0 saturated carbocycles. The number of hydrogen-bond donors (Lipinski definition) is 1. The second-order valence-electron chi connectivity index (χ2n) is 7.88. The van der Waals surface area contributed by atoms with E-state index in [4.69, 9.17) is 9.73 Å². The van der Waals surface area contributed by atoms with Gasteiger partial charge in [0.2, 0.25) is 0 Å². The van der Waals surface area contributed by atoms with Crippen LogP contribution in [0, 0.1) is 0 Å². The Labute approximate surface area is 176 Å². The molecule has 0 atom stereocenters. The second-order valence-corrected chi connectivity index (χ2v) is 7.88. The van der Waals surface area contributed by atoms with Gasteiger partial charge >= 0.3 is 5.97 Å². The van der Waals surface area contributed by atoms with E-state index in [9.17, 15) is 4.79 Å². The molecule has 3 aromatic rings. The van der Waals surface area contributed by atoms with E-state index in [0.29, 0.717) is 6.42 Å². The summed E-state index contributed by atoms with van der Waals surface area (Å²) in [6, 6.07) is 22.3. The van der Waals surface area contributed by atoms with Gasteiger partial charge in [-0.15, -0.1) is 0 Å². The van der Waals surface area contributed by atoms with Gasteiger partial charge in [-0.3, -0.25) is 15.2 Å². The average molecular weight is 399 g/mol. The highest BCUT2D eigenvalue weighted by Gasteiger charge is 2.39. The van der Waals surface area contributed by atoms with Crippen LogP contribution >= 0.6 is 0 Å². The Morgan fingerprint density at radius 3 is 2.50 bits per heavy atom. The SMILES string of the molecule is COC(=O)CC/C(=N\Nc1ccccc1)C1=Nc2ccc3ccccc3c2C1(C)C. The predicted octanol–water partition coefficient (Wildman–Crippen LogP) is 5.62. The Morgan fingerprint density at radius 1 is 1.00 bits per heavy atom. The Morgan fingerprint density at radius 2 is 1.73 bits per heavy atom. The number of aliphatic imine (C=N–C) groups is 1. The Hall–Kier alpha value is -3.47. The number of carbonyl (C=O) groups excluding carboxylic acids is 1. The third kappa shape index (κ3) is 3.71. The first kappa shape index (κ1) is 19.8. The van der Waals surface area contributed by atoms with Crippen LogP contribution < -0.4 is 5.43 Å². The zero-order valence-corrected chi connectivity index (χ0v) is 17.5. The van der Waals surface area contributed by atoms with Gasteiger partial charge in [0, 0.05) is 11.8 Å². The Balaban J connectivity index is 1.74. The first-order valence-electron chi connectivity index (χ1n) is 10.1. The third-order valence-electron chi connectivity index (χ3n) is 5.52. The summed E-state index contributed by atoms with van der Waals surface area (Å²) in [5.41, 5.74) is 7.45. The van der Waals surface area contributed by atoms with E-state index in [1.165, 1.54) is 23.4 Å². The highest BCUT2D eigenvalue weighted by atomic mass is 16.5. The number of hydrogen-bond acceptors (Lipinski definition) is 5. The number of para-hydroxylation sites is 1. The number of rotatable bonds is 6. The van der Waals surface area contributed by atoms with Crippen LogP contribution in [-0.2, 0) is 14.9 Å². The Bertz CT molecular complexity index is 1150. The lowest BCUT2D eigenvalue weighted by Crippen LogP contribution is -2.33. The summed E-state index contributed by atoms with van der Waals surface area (Å²) in [6.45, 7) is 4.33. The van der Waals surface area contributed by atoms with Gasteiger partial charge in [0.25, 0.3) is 0 Å². The van der Waals surface area contributed by atoms with E-state index in [1.807, 2.05) is 36.4 Å². The van der Waals surface area contributed by atoms with Crippen LogP contribution in [0.15, 0.2) is 76.8 Å². The van der Waals surface area contributed by atoms with E-state index in [-0.39, 0.29) is 17.8 Å². The predicted molar refractivity (Wildman–Crippen MR) is 123 cm³/mol. The fourth-order valence-electron chi connectivity index (χ4n) is 4.01. The molecule has 1 N–H and O–H groups in total. The molecule has 152 valence electrons. The molecule has 5 heteroatoms. The molecule has 0 spiro atoms. The van der Waals surface area contributed by atoms with Gasteiger partial charge in [-0.1, -0.05) is 48.5 Å². The smallest absolute Gasteiger partial charge is 0.305 e. The molecular weight excluding hydrogens is 374 g/mol. The first-order valence-corrected chi connectivity index (χ1v) is 10.1. The van der Waals surface area contributed by atoms with Crippen LogP contribution in [0.25, 0.3) is 10.8 Å². The van der Waals surface area contributed by atoms with E-state index >= 15 is 0 Å². The average Bonchev–Trinajstić information content (AvgIpc) is 3.05. The topological polar surface area (TPSA) is 63.0 Å². The zero-order chi connectivity index (χ0) is 21.1. The minimum Gasteiger partial charge on any atom is -0.469 e. The number of ether oxygens (including phenoxy) is 1. The summed E-state index contributed by atoms with van der Waals surface area (Å²) < 4.78 is 4.84. The fraction of sp³-hybridized carbons (Fsp3) is 0.240. The fourth-order valence-corrected chi connectivity index (χ4v) is 4.01. The van der Waals surface area contributed by atoms with Crippen molar-refractivity contribution in [2.24, 2.45) is 10.1 Å². The van der Waals surface area contributed by atoms with Gasteiger partial charge < -0.3 is 4.74 Å². The van der Waals surface area contributed by atoms with Crippen LogP contribution in [0.3, 0.4) is 0 Å². The first-order chi connectivity index (χ1) is 14.5. The molecule has 0 aliphatic carbocycles. The molecule has 3 aromatic carbocycles. The van der Waals surface area contributed by atoms with E-state index in [2.05, 4.69) is 54.7 Å². The molecule has 1 heterocycles. The molecule has 1 aliphatic heterocycles. The van der Waals surface area contributed by atoms with E-state index in [0.717, 1.165) is 22.8 Å². The molecule has 0 fully saturated rings. The maximum Gasteiger partial charge on any atom is 0.305 e. The second kappa shape index (κ2) is 8.11. The van der Waals surface area contributed by atoms with Crippen molar-refractivity contribution in [1.82, 2.24) is 0 Å². The van der Waals surface area contributed by atoms with E-state index < -0.39 is 0 Å². The molecule has 30 heavy (non-hydrogen) atoms. The van der Waals surface area contributed by atoms with Crippen LogP contribution in [0.1, 0.15) is 32.3 Å². The maximum absolute atomic E-state index is 11.8. The number of esters is 1. The molecule has 1 aliphatic rings. The lowest BCUT2D eigenvalue weighted by molar-refractivity contribution is -0.140. The summed E-state index contributed by atoms with van der Waals surface area (Å²) in [4.78, 5) is 16.8. The number of methoxy groups -OCH3 is 1. The number of anilines is 1. The summed E-state index contributed by atoms with van der Waals surface area (Å²) in [5.74, 6) is -0.262. The van der Waals surface area contributed by atoms with Crippen molar-refractivity contribution in [3.05, 3.63) is 72.3 Å². The van der Waals surface area contributed by atoms with Crippen molar-refractivity contribution in [3.8, 4) is 0 Å². The van der Waals surface area contributed by atoms with Crippen LogP contribution in [-0.4, -0.2) is 24.5 Å².